The zero-order valence-corrected chi connectivity index (χ0v) is 21.9. The van der Waals surface area contributed by atoms with Gasteiger partial charge in [0, 0.05) is 24.2 Å². The van der Waals surface area contributed by atoms with Crippen LogP contribution in [0.5, 0.6) is 17.2 Å². The van der Waals surface area contributed by atoms with E-state index in [0.29, 0.717) is 22.8 Å². The van der Waals surface area contributed by atoms with E-state index in [2.05, 4.69) is 15.5 Å². The maximum absolute atomic E-state index is 13.0. The van der Waals surface area contributed by atoms with Gasteiger partial charge in [0.05, 0.1) is 38.4 Å². The summed E-state index contributed by atoms with van der Waals surface area (Å²) in [5.41, 5.74) is 0.707. The zero-order chi connectivity index (χ0) is 26.7. The molecule has 1 aliphatic heterocycles. The maximum Gasteiger partial charge on any atom is 0.322 e. The Balaban J connectivity index is 1.48. The summed E-state index contributed by atoms with van der Waals surface area (Å²) in [5.74, 6) is 0.779. The molecule has 0 spiro atoms. The minimum absolute atomic E-state index is 0.0906. The van der Waals surface area contributed by atoms with E-state index in [9.17, 15) is 13.2 Å². The van der Waals surface area contributed by atoms with Crippen LogP contribution in [0.2, 0.25) is 0 Å². The largest absolute Gasteiger partial charge is 0.493 e. The fourth-order valence-corrected chi connectivity index (χ4v) is 5.61. The number of carbonyl (C=O) groups is 1. The van der Waals surface area contributed by atoms with Crippen molar-refractivity contribution >= 4 is 21.9 Å². The average Bonchev–Trinajstić information content (AvgIpc) is 3.35. The maximum atomic E-state index is 13.0. The highest BCUT2D eigenvalue weighted by molar-refractivity contribution is 7.89. The van der Waals surface area contributed by atoms with E-state index in [1.807, 2.05) is 13.8 Å². The molecule has 13 heteroatoms. The van der Waals surface area contributed by atoms with Gasteiger partial charge in [-0.3, -0.25) is 10.1 Å². The van der Waals surface area contributed by atoms with Gasteiger partial charge >= 0.3 is 6.01 Å². The number of nitrogens with one attached hydrogen (secondary N) is 1. The van der Waals surface area contributed by atoms with E-state index in [-0.39, 0.29) is 47.7 Å². The Morgan fingerprint density at radius 3 is 2.11 bits per heavy atom. The standard InChI is InChI=1S/C24H28N4O8S/c1-14-12-28(13-15(2)35-14)37(30,31)18-8-6-16(7-9-18)22(29)25-24-27-26-23(36-24)17-10-19(32-3)21(34-5)20(11-17)33-4/h6-11,14-15H,12-13H2,1-5H3,(H,25,27,29). The second-order valence-electron chi connectivity index (χ2n) is 8.38. The van der Waals surface area contributed by atoms with Crippen LogP contribution in [0.25, 0.3) is 11.5 Å². The molecule has 2 aromatic carbocycles. The number of benzene rings is 2. The summed E-state index contributed by atoms with van der Waals surface area (Å²) >= 11 is 0. The number of carbonyl (C=O) groups excluding carboxylic acids is 1. The Bertz CT molecular complexity index is 1340. The lowest BCUT2D eigenvalue weighted by Gasteiger charge is -2.34. The van der Waals surface area contributed by atoms with Gasteiger partial charge in [-0.05, 0) is 50.2 Å². The Hall–Kier alpha value is -3.68. The molecule has 4 rings (SSSR count). The number of hydrogen-bond donors (Lipinski definition) is 1. The topological polar surface area (TPSA) is 142 Å². The van der Waals surface area contributed by atoms with Crippen molar-refractivity contribution in [3.63, 3.8) is 0 Å². The number of morpholine rings is 1. The number of hydrogen-bond acceptors (Lipinski definition) is 10. The molecule has 1 aliphatic rings. The van der Waals surface area contributed by atoms with Crippen molar-refractivity contribution in [1.82, 2.24) is 14.5 Å². The monoisotopic (exact) mass is 532 g/mol. The molecule has 3 aromatic rings. The SMILES string of the molecule is COc1cc(-c2nnc(NC(=O)c3ccc(S(=O)(=O)N4CC(C)OC(C)C4)cc3)o2)cc(OC)c1OC. The lowest BCUT2D eigenvalue weighted by molar-refractivity contribution is -0.0440. The Labute approximate surface area is 214 Å². The Morgan fingerprint density at radius 1 is 0.973 bits per heavy atom. The predicted octanol–water partition coefficient (Wildman–Crippen LogP) is 2.81. The highest BCUT2D eigenvalue weighted by atomic mass is 32.2. The van der Waals surface area contributed by atoms with Crippen molar-refractivity contribution in [3.8, 4) is 28.7 Å². The van der Waals surface area contributed by atoms with Crippen molar-refractivity contribution in [3.05, 3.63) is 42.0 Å². The first kappa shape index (κ1) is 26.4. The van der Waals surface area contributed by atoms with Gasteiger partial charge in [0.15, 0.2) is 11.5 Å². The molecule has 1 aromatic heterocycles. The third kappa shape index (κ3) is 5.53. The summed E-state index contributed by atoms with van der Waals surface area (Å²) in [6.07, 6.45) is -0.411. The number of anilines is 1. The van der Waals surface area contributed by atoms with E-state index in [4.69, 9.17) is 23.4 Å². The predicted molar refractivity (Wildman–Crippen MR) is 133 cm³/mol. The van der Waals surface area contributed by atoms with Crippen molar-refractivity contribution in [2.24, 2.45) is 0 Å². The summed E-state index contributed by atoms with van der Waals surface area (Å²) in [5, 5.41) is 10.4. The quantitative estimate of drug-likeness (QED) is 0.460. The molecule has 0 saturated carbocycles. The van der Waals surface area contributed by atoms with Crippen LogP contribution in [0.4, 0.5) is 6.01 Å². The van der Waals surface area contributed by atoms with Gasteiger partial charge in [0.2, 0.25) is 21.7 Å². The van der Waals surface area contributed by atoms with Crippen molar-refractivity contribution in [1.29, 1.82) is 0 Å². The number of sulfonamides is 1. The number of aromatic nitrogens is 2. The van der Waals surface area contributed by atoms with Crippen LogP contribution in [0.1, 0.15) is 24.2 Å². The highest BCUT2D eigenvalue weighted by Gasteiger charge is 2.32. The zero-order valence-electron chi connectivity index (χ0n) is 21.0. The Morgan fingerprint density at radius 2 is 1.57 bits per heavy atom. The second-order valence-corrected chi connectivity index (χ2v) is 10.3. The number of nitrogens with zero attached hydrogens (tertiary/aromatic N) is 3. The molecule has 2 unspecified atom stereocenters. The molecular weight excluding hydrogens is 504 g/mol. The number of rotatable bonds is 8. The van der Waals surface area contributed by atoms with Crippen LogP contribution < -0.4 is 19.5 Å². The first-order valence-corrected chi connectivity index (χ1v) is 12.8. The fourth-order valence-electron chi connectivity index (χ4n) is 4.02. The van der Waals surface area contributed by atoms with Gasteiger partial charge in [0.25, 0.3) is 5.91 Å². The van der Waals surface area contributed by atoms with Crippen molar-refractivity contribution < 1.29 is 36.6 Å². The minimum atomic E-state index is -3.72. The molecule has 0 aliphatic carbocycles. The highest BCUT2D eigenvalue weighted by Crippen LogP contribution is 2.41. The van der Waals surface area contributed by atoms with Crippen molar-refractivity contribution in [2.75, 3.05) is 39.7 Å². The molecule has 1 amide bonds. The molecular formula is C24H28N4O8S. The van der Waals surface area contributed by atoms with Crippen molar-refractivity contribution in [2.45, 2.75) is 31.0 Å². The van der Waals surface area contributed by atoms with E-state index in [1.54, 1.807) is 12.1 Å². The summed E-state index contributed by atoms with van der Waals surface area (Å²) in [6, 6.07) is 8.76. The van der Waals surface area contributed by atoms with Gasteiger partial charge in [-0.1, -0.05) is 5.10 Å². The lowest BCUT2D eigenvalue weighted by atomic mass is 10.2. The van der Waals surface area contributed by atoms with Crippen LogP contribution in [-0.4, -0.2) is 75.5 Å². The molecule has 0 bridgehead atoms. The molecule has 37 heavy (non-hydrogen) atoms. The molecule has 1 fully saturated rings. The lowest BCUT2D eigenvalue weighted by Crippen LogP contribution is -2.48. The second kappa shape index (κ2) is 10.7. The van der Waals surface area contributed by atoms with Gasteiger partial charge in [0.1, 0.15) is 0 Å². The fraction of sp³-hybridized carbons (Fsp3) is 0.375. The first-order chi connectivity index (χ1) is 17.7. The molecule has 1 saturated heterocycles. The average molecular weight is 533 g/mol. The molecule has 2 heterocycles. The molecule has 2 atom stereocenters. The first-order valence-electron chi connectivity index (χ1n) is 11.4. The molecule has 0 radical (unpaired) electrons. The van der Waals surface area contributed by atoms with Crippen LogP contribution in [-0.2, 0) is 14.8 Å². The third-order valence-electron chi connectivity index (χ3n) is 5.70. The molecule has 198 valence electrons. The van der Waals surface area contributed by atoms with E-state index < -0.39 is 15.9 Å². The van der Waals surface area contributed by atoms with Gasteiger partial charge in [-0.15, -0.1) is 5.10 Å². The Kier molecular flexibility index (Phi) is 7.66. The van der Waals surface area contributed by atoms with Gasteiger partial charge in [-0.25, -0.2) is 8.42 Å². The number of amides is 1. The van der Waals surface area contributed by atoms with E-state index in [1.165, 1.54) is 49.9 Å². The van der Waals surface area contributed by atoms with Crippen LogP contribution in [0.3, 0.4) is 0 Å². The minimum Gasteiger partial charge on any atom is -0.493 e. The molecule has 1 N–H and O–H groups in total. The number of methoxy groups -OCH3 is 3. The van der Waals surface area contributed by atoms with Crippen LogP contribution in [0, 0.1) is 0 Å². The summed E-state index contributed by atoms with van der Waals surface area (Å²) in [4.78, 5) is 12.8. The third-order valence-corrected chi connectivity index (χ3v) is 7.54. The van der Waals surface area contributed by atoms with E-state index >= 15 is 0 Å². The van der Waals surface area contributed by atoms with Crippen LogP contribution in [0.15, 0.2) is 45.7 Å². The normalized spacial score (nSPS) is 18.3. The molecule has 12 nitrogen and oxygen atoms in total. The summed E-state index contributed by atoms with van der Waals surface area (Å²) in [6.45, 7) is 4.19. The number of ether oxygens (including phenoxy) is 4. The van der Waals surface area contributed by atoms with Gasteiger partial charge in [-0.2, -0.15) is 4.31 Å². The van der Waals surface area contributed by atoms with Crippen LogP contribution >= 0.6 is 0 Å². The van der Waals surface area contributed by atoms with Gasteiger partial charge < -0.3 is 23.4 Å². The summed E-state index contributed by atoms with van der Waals surface area (Å²) in [7, 11) is 0.740. The summed E-state index contributed by atoms with van der Waals surface area (Å²) < 4.78 is 54.6. The smallest absolute Gasteiger partial charge is 0.322 e. The van der Waals surface area contributed by atoms with E-state index in [0.717, 1.165) is 0 Å².